The van der Waals surface area contributed by atoms with Crippen molar-refractivity contribution in [3.8, 4) is 11.5 Å². The summed E-state index contributed by atoms with van der Waals surface area (Å²) in [6, 6.07) is 9.16. The van der Waals surface area contributed by atoms with Gasteiger partial charge in [-0.2, -0.15) is 0 Å². The molecule has 0 aliphatic rings. The Hall–Kier alpha value is -2.43. The summed E-state index contributed by atoms with van der Waals surface area (Å²) in [7, 11) is 0. The van der Waals surface area contributed by atoms with Crippen LogP contribution in [0.25, 0.3) is 0 Å². The molecule has 130 valence electrons. The first-order valence-corrected chi connectivity index (χ1v) is 8.44. The normalized spacial score (nSPS) is 10.4. The molecule has 1 N–H and O–H groups in total. The maximum absolute atomic E-state index is 12.1. The van der Waals surface area contributed by atoms with Crippen molar-refractivity contribution in [3.05, 3.63) is 42.4 Å². The Balaban J connectivity index is 1.96. The van der Waals surface area contributed by atoms with Crippen molar-refractivity contribution in [2.45, 2.75) is 39.5 Å². The standard InChI is InChI=1S/C19H25NO4/c1-3-11-23-17-9-7-15(14-18(17)24-12-4-2)20-19(21)10-8-16-6-5-13-22-16/h5-7,9,13-14H,3-4,8,10-12H2,1-2H3,(H,20,21). The topological polar surface area (TPSA) is 60.7 Å². The van der Waals surface area contributed by atoms with Gasteiger partial charge in [0.25, 0.3) is 0 Å². The van der Waals surface area contributed by atoms with Crippen LogP contribution < -0.4 is 14.8 Å². The van der Waals surface area contributed by atoms with Crippen LogP contribution >= 0.6 is 0 Å². The summed E-state index contributed by atoms with van der Waals surface area (Å²) < 4.78 is 16.7. The molecule has 5 heteroatoms. The van der Waals surface area contributed by atoms with E-state index in [9.17, 15) is 4.79 Å². The molecule has 0 atom stereocenters. The van der Waals surface area contributed by atoms with E-state index in [1.807, 2.05) is 37.3 Å². The lowest BCUT2D eigenvalue weighted by Gasteiger charge is -2.14. The molecule has 5 nitrogen and oxygen atoms in total. The highest BCUT2D eigenvalue weighted by atomic mass is 16.5. The molecule has 0 saturated carbocycles. The molecule has 0 fully saturated rings. The number of carbonyl (C=O) groups excluding carboxylic acids is 1. The number of rotatable bonds is 10. The molecule has 1 heterocycles. The third-order valence-electron chi connectivity index (χ3n) is 3.33. The molecule has 24 heavy (non-hydrogen) atoms. The van der Waals surface area contributed by atoms with E-state index in [0.29, 0.717) is 43.2 Å². The van der Waals surface area contributed by atoms with Gasteiger partial charge in [0.15, 0.2) is 11.5 Å². The van der Waals surface area contributed by atoms with E-state index in [-0.39, 0.29) is 5.91 Å². The summed E-state index contributed by atoms with van der Waals surface area (Å²) in [6.45, 7) is 5.35. The van der Waals surface area contributed by atoms with E-state index in [4.69, 9.17) is 13.9 Å². The number of hydrogen-bond acceptors (Lipinski definition) is 4. The van der Waals surface area contributed by atoms with Crippen LogP contribution in [0, 0.1) is 0 Å². The summed E-state index contributed by atoms with van der Waals surface area (Å²) in [4.78, 5) is 12.1. The molecular formula is C19H25NO4. The highest BCUT2D eigenvalue weighted by Gasteiger charge is 2.09. The minimum absolute atomic E-state index is 0.0601. The zero-order valence-corrected chi connectivity index (χ0v) is 14.3. The fraction of sp³-hybridized carbons (Fsp3) is 0.421. The van der Waals surface area contributed by atoms with Crippen molar-refractivity contribution < 1.29 is 18.7 Å². The Morgan fingerprint density at radius 1 is 1.08 bits per heavy atom. The van der Waals surface area contributed by atoms with E-state index in [1.54, 1.807) is 6.26 Å². The van der Waals surface area contributed by atoms with Gasteiger partial charge in [0, 0.05) is 24.6 Å². The zero-order valence-electron chi connectivity index (χ0n) is 14.3. The quantitative estimate of drug-likeness (QED) is 0.699. The van der Waals surface area contributed by atoms with E-state index in [0.717, 1.165) is 18.6 Å². The van der Waals surface area contributed by atoms with Crippen molar-refractivity contribution in [2.24, 2.45) is 0 Å². The molecule has 0 radical (unpaired) electrons. The number of furan rings is 1. The van der Waals surface area contributed by atoms with Gasteiger partial charge < -0.3 is 19.2 Å². The first-order chi connectivity index (χ1) is 11.7. The second-order valence-corrected chi connectivity index (χ2v) is 5.49. The van der Waals surface area contributed by atoms with Crippen molar-refractivity contribution in [3.63, 3.8) is 0 Å². The van der Waals surface area contributed by atoms with Crippen LogP contribution in [-0.4, -0.2) is 19.1 Å². The highest BCUT2D eigenvalue weighted by Crippen LogP contribution is 2.31. The SMILES string of the molecule is CCCOc1ccc(NC(=O)CCc2ccco2)cc1OCCC. The van der Waals surface area contributed by atoms with E-state index < -0.39 is 0 Å². The number of carbonyl (C=O) groups is 1. The first kappa shape index (κ1) is 17.9. The molecule has 0 aliphatic carbocycles. The van der Waals surface area contributed by atoms with Crippen LogP contribution in [-0.2, 0) is 11.2 Å². The molecule has 1 aromatic carbocycles. The van der Waals surface area contributed by atoms with Crippen LogP contribution in [0.2, 0.25) is 0 Å². The molecule has 0 unspecified atom stereocenters. The van der Waals surface area contributed by atoms with Gasteiger partial charge in [0.2, 0.25) is 5.91 Å². The second kappa shape index (κ2) is 9.65. The second-order valence-electron chi connectivity index (χ2n) is 5.49. The lowest BCUT2D eigenvalue weighted by atomic mass is 10.2. The number of benzene rings is 1. The van der Waals surface area contributed by atoms with Gasteiger partial charge in [-0.15, -0.1) is 0 Å². The molecule has 0 aliphatic heterocycles. The number of anilines is 1. The number of hydrogen-bond donors (Lipinski definition) is 1. The van der Waals surface area contributed by atoms with Crippen LogP contribution in [0.3, 0.4) is 0 Å². The zero-order chi connectivity index (χ0) is 17.2. The third-order valence-corrected chi connectivity index (χ3v) is 3.33. The number of ether oxygens (including phenoxy) is 2. The molecule has 0 spiro atoms. The van der Waals surface area contributed by atoms with Gasteiger partial charge in [0.05, 0.1) is 19.5 Å². The monoisotopic (exact) mass is 331 g/mol. The Morgan fingerprint density at radius 3 is 2.50 bits per heavy atom. The van der Waals surface area contributed by atoms with Crippen LogP contribution in [0.5, 0.6) is 11.5 Å². The fourth-order valence-electron chi connectivity index (χ4n) is 2.16. The van der Waals surface area contributed by atoms with Crippen molar-refractivity contribution in [1.82, 2.24) is 0 Å². The smallest absolute Gasteiger partial charge is 0.224 e. The Kier molecular flexibility index (Phi) is 7.21. The molecule has 1 amide bonds. The van der Waals surface area contributed by atoms with Gasteiger partial charge in [-0.3, -0.25) is 4.79 Å². The van der Waals surface area contributed by atoms with Crippen molar-refractivity contribution >= 4 is 11.6 Å². The summed E-state index contributed by atoms with van der Waals surface area (Å²) in [6.07, 6.45) is 4.40. The van der Waals surface area contributed by atoms with Crippen LogP contribution in [0.15, 0.2) is 41.0 Å². The maximum atomic E-state index is 12.1. The van der Waals surface area contributed by atoms with E-state index in [1.165, 1.54) is 0 Å². The molecule has 2 rings (SSSR count). The molecule has 0 saturated heterocycles. The first-order valence-electron chi connectivity index (χ1n) is 8.44. The predicted octanol–water partition coefficient (Wildman–Crippen LogP) is 4.43. The predicted molar refractivity (Wildman–Crippen MR) is 93.7 cm³/mol. The van der Waals surface area contributed by atoms with Gasteiger partial charge in [0.1, 0.15) is 5.76 Å². The van der Waals surface area contributed by atoms with Crippen molar-refractivity contribution in [1.29, 1.82) is 0 Å². The fourth-order valence-corrected chi connectivity index (χ4v) is 2.16. The lowest BCUT2D eigenvalue weighted by Crippen LogP contribution is -2.12. The minimum atomic E-state index is -0.0601. The van der Waals surface area contributed by atoms with E-state index >= 15 is 0 Å². The Bertz CT molecular complexity index is 622. The van der Waals surface area contributed by atoms with E-state index in [2.05, 4.69) is 12.2 Å². The van der Waals surface area contributed by atoms with Crippen LogP contribution in [0.4, 0.5) is 5.69 Å². The average Bonchev–Trinajstić information content (AvgIpc) is 3.11. The minimum Gasteiger partial charge on any atom is -0.490 e. The third kappa shape index (κ3) is 5.65. The Morgan fingerprint density at radius 2 is 1.83 bits per heavy atom. The van der Waals surface area contributed by atoms with Gasteiger partial charge >= 0.3 is 0 Å². The largest absolute Gasteiger partial charge is 0.490 e. The summed E-state index contributed by atoms with van der Waals surface area (Å²) in [5, 5.41) is 2.89. The molecule has 0 bridgehead atoms. The molecule has 2 aromatic rings. The highest BCUT2D eigenvalue weighted by molar-refractivity contribution is 5.91. The van der Waals surface area contributed by atoms with Gasteiger partial charge in [-0.1, -0.05) is 13.8 Å². The Labute approximate surface area is 143 Å². The number of nitrogens with one attached hydrogen (secondary N) is 1. The molecule has 1 aromatic heterocycles. The van der Waals surface area contributed by atoms with Crippen molar-refractivity contribution in [2.75, 3.05) is 18.5 Å². The summed E-state index contributed by atoms with van der Waals surface area (Å²) in [5.74, 6) is 2.11. The van der Waals surface area contributed by atoms with Gasteiger partial charge in [-0.05, 0) is 37.1 Å². The van der Waals surface area contributed by atoms with Gasteiger partial charge in [-0.25, -0.2) is 0 Å². The average molecular weight is 331 g/mol. The summed E-state index contributed by atoms with van der Waals surface area (Å²) in [5.41, 5.74) is 0.703. The molecular weight excluding hydrogens is 306 g/mol. The van der Waals surface area contributed by atoms with Crippen LogP contribution in [0.1, 0.15) is 38.9 Å². The number of aryl methyl sites for hydroxylation is 1. The maximum Gasteiger partial charge on any atom is 0.224 e. The lowest BCUT2D eigenvalue weighted by molar-refractivity contribution is -0.116. The number of amides is 1. The summed E-state index contributed by atoms with van der Waals surface area (Å²) >= 11 is 0.